The van der Waals surface area contributed by atoms with Crippen molar-refractivity contribution in [2.75, 3.05) is 0 Å². The van der Waals surface area contributed by atoms with Gasteiger partial charge in [0.1, 0.15) is 28.8 Å². The SMILES string of the molecule is Cc1ccc(-n2c(-c3ccccc3O)nc(-c3ccccc3O)c2-c2ccccc2O)cc1. The Kier molecular flexibility index (Phi) is 5.07. The lowest BCUT2D eigenvalue weighted by Crippen LogP contribution is -2.01. The molecule has 162 valence electrons. The van der Waals surface area contributed by atoms with E-state index in [1.54, 1.807) is 48.5 Å². The van der Waals surface area contributed by atoms with Gasteiger partial charge in [0.25, 0.3) is 0 Å². The maximum atomic E-state index is 10.8. The number of rotatable bonds is 4. The zero-order chi connectivity index (χ0) is 22.9. The number of phenols is 3. The van der Waals surface area contributed by atoms with E-state index >= 15 is 0 Å². The third-order valence-electron chi connectivity index (χ3n) is 5.63. The molecule has 0 saturated heterocycles. The molecule has 0 bridgehead atoms. The van der Waals surface area contributed by atoms with Crippen LogP contribution in [-0.4, -0.2) is 24.9 Å². The molecule has 0 aliphatic rings. The number of phenolic OH excluding ortho intramolecular Hbond substituents is 3. The van der Waals surface area contributed by atoms with E-state index in [2.05, 4.69) is 0 Å². The van der Waals surface area contributed by atoms with E-state index in [4.69, 9.17) is 4.98 Å². The van der Waals surface area contributed by atoms with Crippen LogP contribution >= 0.6 is 0 Å². The molecule has 0 unspecified atom stereocenters. The molecule has 0 atom stereocenters. The van der Waals surface area contributed by atoms with Gasteiger partial charge < -0.3 is 15.3 Å². The Morgan fingerprint density at radius 2 is 1.06 bits per heavy atom. The van der Waals surface area contributed by atoms with E-state index < -0.39 is 0 Å². The van der Waals surface area contributed by atoms with Crippen LogP contribution in [0, 0.1) is 6.92 Å². The molecule has 0 aliphatic heterocycles. The summed E-state index contributed by atoms with van der Waals surface area (Å²) in [5.74, 6) is 0.745. The quantitative estimate of drug-likeness (QED) is 0.310. The summed E-state index contributed by atoms with van der Waals surface area (Å²) in [7, 11) is 0. The molecule has 0 fully saturated rings. The summed E-state index contributed by atoms with van der Waals surface area (Å²) < 4.78 is 1.91. The number of benzene rings is 4. The summed E-state index contributed by atoms with van der Waals surface area (Å²) in [4.78, 5) is 4.92. The predicted octanol–water partition coefficient (Wildman–Crippen LogP) is 6.30. The van der Waals surface area contributed by atoms with Crippen molar-refractivity contribution < 1.29 is 15.3 Å². The second-order valence-corrected chi connectivity index (χ2v) is 7.86. The van der Waals surface area contributed by atoms with Crippen LogP contribution < -0.4 is 0 Å². The van der Waals surface area contributed by atoms with Crippen LogP contribution in [0.15, 0.2) is 97.1 Å². The summed E-state index contributed by atoms with van der Waals surface area (Å²) in [5, 5.41) is 32.2. The highest BCUT2D eigenvalue weighted by Gasteiger charge is 2.26. The minimum absolute atomic E-state index is 0.0755. The normalized spacial score (nSPS) is 10.9. The minimum Gasteiger partial charge on any atom is -0.507 e. The van der Waals surface area contributed by atoms with Crippen LogP contribution in [0.25, 0.3) is 39.6 Å². The fraction of sp³-hybridized carbons (Fsp3) is 0.0357. The van der Waals surface area contributed by atoms with Crippen LogP contribution in [0.2, 0.25) is 0 Å². The summed E-state index contributed by atoms with van der Waals surface area (Å²) in [6.45, 7) is 2.01. The van der Waals surface area contributed by atoms with Gasteiger partial charge in [0.2, 0.25) is 0 Å². The van der Waals surface area contributed by atoms with Crippen LogP contribution in [-0.2, 0) is 0 Å². The molecular weight excluding hydrogens is 412 g/mol. The third-order valence-corrected chi connectivity index (χ3v) is 5.63. The standard InChI is InChI=1S/C28H22N2O3/c1-18-14-16-19(17-15-18)30-27(21-9-3-6-12-24(21)32)26(20-8-2-5-11-23(20)31)29-28(30)22-10-4-7-13-25(22)33/h2-17,31-33H,1H3. The fourth-order valence-corrected chi connectivity index (χ4v) is 3.99. The summed E-state index contributed by atoms with van der Waals surface area (Å²) >= 11 is 0. The van der Waals surface area contributed by atoms with Gasteiger partial charge in [-0.2, -0.15) is 0 Å². The second-order valence-electron chi connectivity index (χ2n) is 7.86. The predicted molar refractivity (Wildman–Crippen MR) is 130 cm³/mol. The van der Waals surface area contributed by atoms with Crippen molar-refractivity contribution in [2.45, 2.75) is 6.92 Å². The van der Waals surface area contributed by atoms with Gasteiger partial charge >= 0.3 is 0 Å². The average molecular weight is 434 g/mol. The van der Waals surface area contributed by atoms with Crippen LogP contribution in [0.3, 0.4) is 0 Å². The molecule has 3 N–H and O–H groups in total. The highest BCUT2D eigenvalue weighted by Crippen LogP contribution is 2.44. The Morgan fingerprint density at radius 3 is 1.61 bits per heavy atom. The molecule has 0 saturated carbocycles. The zero-order valence-corrected chi connectivity index (χ0v) is 18.0. The topological polar surface area (TPSA) is 78.5 Å². The first-order valence-corrected chi connectivity index (χ1v) is 10.6. The smallest absolute Gasteiger partial charge is 0.149 e. The maximum absolute atomic E-state index is 10.8. The first-order valence-electron chi connectivity index (χ1n) is 10.6. The van der Waals surface area contributed by atoms with Crippen molar-refractivity contribution in [3.05, 3.63) is 103 Å². The Bertz CT molecular complexity index is 1450. The van der Waals surface area contributed by atoms with Crippen molar-refractivity contribution >= 4 is 0 Å². The van der Waals surface area contributed by atoms with Gasteiger partial charge in [-0.25, -0.2) is 4.98 Å². The van der Waals surface area contributed by atoms with E-state index in [0.717, 1.165) is 11.3 Å². The number of aryl methyl sites for hydroxylation is 1. The van der Waals surface area contributed by atoms with Gasteiger partial charge in [-0.15, -0.1) is 0 Å². The van der Waals surface area contributed by atoms with Gasteiger partial charge in [-0.3, -0.25) is 4.57 Å². The van der Waals surface area contributed by atoms with Crippen molar-refractivity contribution in [1.29, 1.82) is 0 Å². The first-order chi connectivity index (χ1) is 16.0. The molecule has 4 aromatic carbocycles. The molecule has 5 rings (SSSR count). The molecule has 5 heteroatoms. The molecule has 33 heavy (non-hydrogen) atoms. The number of hydrogen-bond acceptors (Lipinski definition) is 4. The molecule has 5 aromatic rings. The second kappa shape index (κ2) is 8.20. The van der Waals surface area contributed by atoms with Crippen LogP contribution in [0.5, 0.6) is 17.2 Å². The van der Waals surface area contributed by atoms with E-state index in [9.17, 15) is 15.3 Å². The molecule has 5 nitrogen and oxygen atoms in total. The van der Waals surface area contributed by atoms with Gasteiger partial charge in [0.15, 0.2) is 0 Å². The highest BCUT2D eigenvalue weighted by molar-refractivity contribution is 5.88. The zero-order valence-electron chi connectivity index (χ0n) is 18.0. The number of hydrogen-bond donors (Lipinski definition) is 3. The molecule has 0 radical (unpaired) electrons. The fourth-order valence-electron chi connectivity index (χ4n) is 3.99. The maximum Gasteiger partial charge on any atom is 0.149 e. The van der Waals surface area contributed by atoms with E-state index in [1.165, 1.54) is 0 Å². The average Bonchev–Trinajstić information content (AvgIpc) is 3.20. The molecule has 0 amide bonds. The molecule has 1 aromatic heterocycles. The number of nitrogens with zero attached hydrogens (tertiary/aromatic N) is 2. The number of imidazole rings is 1. The molecule has 0 spiro atoms. The van der Waals surface area contributed by atoms with Gasteiger partial charge in [0.05, 0.1) is 11.3 Å². The number of aromatic nitrogens is 2. The van der Waals surface area contributed by atoms with Crippen molar-refractivity contribution in [1.82, 2.24) is 9.55 Å². The molecular formula is C28H22N2O3. The lowest BCUT2D eigenvalue weighted by Gasteiger charge is -2.15. The van der Waals surface area contributed by atoms with Crippen molar-refractivity contribution in [3.8, 4) is 56.8 Å². The van der Waals surface area contributed by atoms with Gasteiger partial charge in [0, 0.05) is 16.8 Å². The monoisotopic (exact) mass is 434 g/mol. The van der Waals surface area contributed by atoms with Crippen LogP contribution in [0.1, 0.15) is 5.56 Å². The number of aromatic hydroxyl groups is 3. The minimum atomic E-state index is 0.0755. The third kappa shape index (κ3) is 3.59. The van der Waals surface area contributed by atoms with E-state index in [-0.39, 0.29) is 17.2 Å². The summed E-state index contributed by atoms with van der Waals surface area (Å²) in [5.41, 5.74) is 4.64. The largest absolute Gasteiger partial charge is 0.507 e. The van der Waals surface area contributed by atoms with E-state index in [0.29, 0.717) is 33.9 Å². The molecule has 1 heterocycles. The van der Waals surface area contributed by atoms with Gasteiger partial charge in [-0.05, 0) is 55.5 Å². The lowest BCUT2D eigenvalue weighted by molar-refractivity contribution is 0.475. The summed E-state index contributed by atoms with van der Waals surface area (Å²) in [6.07, 6.45) is 0. The first kappa shape index (κ1) is 20.4. The Labute approximate surface area is 191 Å². The van der Waals surface area contributed by atoms with Gasteiger partial charge in [-0.1, -0.05) is 54.1 Å². The van der Waals surface area contributed by atoms with Crippen molar-refractivity contribution in [2.24, 2.45) is 0 Å². The number of para-hydroxylation sites is 3. The van der Waals surface area contributed by atoms with Crippen molar-refractivity contribution in [3.63, 3.8) is 0 Å². The molecule has 0 aliphatic carbocycles. The Hall–Kier alpha value is -4.51. The van der Waals surface area contributed by atoms with Crippen LogP contribution in [0.4, 0.5) is 0 Å². The Morgan fingerprint density at radius 1 is 0.576 bits per heavy atom. The highest BCUT2D eigenvalue weighted by atomic mass is 16.3. The van der Waals surface area contributed by atoms with E-state index in [1.807, 2.05) is 60.0 Å². The summed E-state index contributed by atoms with van der Waals surface area (Å²) in [6, 6.07) is 28.9. The lowest BCUT2D eigenvalue weighted by atomic mass is 10.0. The Balaban J connectivity index is 1.95.